The van der Waals surface area contributed by atoms with Gasteiger partial charge in [0.1, 0.15) is 18.3 Å². The van der Waals surface area contributed by atoms with E-state index in [1.165, 1.54) is 29.2 Å². The molecule has 1 aliphatic carbocycles. The third-order valence-corrected chi connectivity index (χ3v) is 10.2. The van der Waals surface area contributed by atoms with Crippen LogP contribution in [-0.4, -0.2) is 50.9 Å². The molecule has 0 aliphatic heterocycles. The summed E-state index contributed by atoms with van der Waals surface area (Å²) in [7, 11) is -2.72. The number of methoxy groups -OCH3 is 1. The number of rotatable bonds is 12. The minimum absolute atomic E-state index is 0.00614. The summed E-state index contributed by atoms with van der Waals surface area (Å²) in [6, 6.07) is 17.2. The van der Waals surface area contributed by atoms with Crippen LogP contribution < -0.4 is 14.4 Å². The highest BCUT2D eigenvalue weighted by molar-refractivity contribution is 7.92. The molecule has 1 saturated carbocycles. The Labute approximate surface area is 270 Å². The van der Waals surface area contributed by atoms with Gasteiger partial charge in [-0.15, -0.1) is 0 Å². The van der Waals surface area contributed by atoms with Gasteiger partial charge in [-0.25, -0.2) is 8.42 Å². The van der Waals surface area contributed by atoms with Crippen LogP contribution in [0, 0.1) is 6.92 Å². The van der Waals surface area contributed by atoms with E-state index in [-0.39, 0.29) is 39.1 Å². The van der Waals surface area contributed by atoms with E-state index in [0.717, 1.165) is 47.5 Å². The largest absolute Gasteiger partial charge is 0.497 e. The lowest BCUT2D eigenvalue weighted by Gasteiger charge is -2.34. The topological polar surface area (TPSA) is 96.0 Å². The van der Waals surface area contributed by atoms with Crippen molar-refractivity contribution in [2.24, 2.45) is 0 Å². The van der Waals surface area contributed by atoms with E-state index in [2.05, 4.69) is 5.32 Å². The van der Waals surface area contributed by atoms with Crippen LogP contribution in [0.3, 0.4) is 0 Å². The molecule has 1 N–H and O–H groups in total. The van der Waals surface area contributed by atoms with Gasteiger partial charge in [-0.3, -0.25) is 13.9 Å². The maximum Gasteiger partial charge on any atom is 0.264 e. The summed E-state index contributed by atoms with van der Waals surface area (Å²) in [5.41, 5.74) is 1.68. The summed E-state index contributed by atoms with van der Waals surface area (Å²) in [6.45, 7) is 3.15. The van der Waals surface area contributed by atoms with Gasteiger partial charge in [0.25, 0.3) is 10.0 Å². The lowest BCUT2D eigenvalue weighted by Crippen LogP contribution is -2.54. The SMILES string of the molecule is CC[C@H](C(=O)NC1CCCCC1)N(Cc1cccc(OC)c1)C(=O)CN(c1cc(Cl)ccc1Cl)S(=O)(=O)c1ccc(C)cc1. The summed E-state index contributed by atoms with van der Waals surface area (Å²) in [5.74, 6) is -0.224. The Morgan fingerprint density at radius 3 is 2.36 bits per heavy atom. The number of benzene rings is 3. The zero-order valence-corrected chi connectivity index (χ0v) is 27.6. The lowest BCUT2D eigenvalue weighted by molar-refractivity contribution is -0.140. The number of hydrogen-bond donors (Lipinski definition) is 1. The first-order chi connectivity index (χ1) is 21.0. The molecule has 0 heterocycles. The maximum absolute atomic E-state index is 14.3. The van der Waals surface area contributed by atoms with E-state index in [9.17, 15) is 18.0 Å². The second-order valence-electron chi connectivity index (χ2n) is 11.1. The van der Waals surface area contributed by atoms with Gasteiger partial charge in [-0.05, 0) is 74.2 Å². The van der Waals surface area contributed by atoms with Crippen LogP contribution in [0.15, 0.2) is 71.6 Å². The van der Waals surface area contributed by atoms with Crippen molar-refractivity contribution in [2.45, 2.75) is 75.9 Å². The minimum Gasteiger partial charge on any atom is -0.497 e. The molecule has 3 aromatic carbocycles. The average Bonchev–Trinajstić information content (AvgIpc) is 3.01. The van der Waals surface area contributed by atoms with Gasteiger partial charge in [-0.1, -0.05) is 79.2 Å². The van der Waals surface area contributed by atoms with Gasteiger partial charge in [0.15, 0.2) is 0 Å². The number of nitrogens with one attached hydrogen (secondary N) is 1. The molecule has 0 unspecified atom stereocenters. The first-order valence-electron chi connectivity index (χ1n) is 14.8. The van der Waals surface area contributed by atoms with Gasteiger partial charge in [-0.2, -0.15) is 0 Å². The molecule has 0 spiro atoms. The van der Waals surface area contributed by atoms with Crippen LogP contribution in [0.2, 0.25) is 10.0 Å². The number of anilines is 1. The molecule has 1 atom stereocenters. The zero-order chi connectivity index (χ0) is 31.9. The summed E-state index contributed by atoms with van der Waals surface area (Å²) < 4.78 is 34.6. The summed E-state index contributed by atoms with van der Waals surface area (Å²) in [5, 5.41) is 3.52. The fourth-order valence-corrected chi connectivity index (χ4v) is 7.32. The van der Waals surface area contributed by atoms with Gasteiger partial charge in [0, 0.05) is 17.6 Å². The molecule has 4 rings (SSSR count). The average molecular weight is 661 g/mol. The molecule has 0 aromatic heterocycles. The zero-order valence-electron chi connectivity index (χ0n) is 25.3. The predicted octanol–water partition coefficient (Wildman–Crippen LogP) is 6.76. The van der Waals surface area contributed by atoms with Crippen molar-refractivity contribution in [3.05, 3.63) is 87.9 Å². The van der Waals surface area contributed by atoms with E-state index in [1.807, 2.05) is 19.9 Å². The van der Waals surface area contributed by atoms with Crippen molar-refractivity contribution in [3.63, 3.8) is 0 Å². The highest BCUT2D eigenvalue weighted by Gasteiger charge is 2.35. The fraction of sp³-hybridized carbons (Fsp3) is 0.394. The van der Waals surface area contributed by atoms with Gasteiger partial charge < -0.3 is 15.0 Å². The van der Waals surface area contributed by atoms with Crippen LogP contribution >= 0.6 is 23.2 Å². The quantitative estimate of drug-likeness (QED) is 0.232. The molecule has 1 aliphatic rings. The minimum atomic E-state index is -4.28. The predicted molar refractivity (Wildman–Crippen MR) is 175 cm³/mol. The number of hydrogen-bond acceptors (Lipinski definition) is 5. The number of halogens is 2. The number of nitrogens with zero attached hydrogens (tertiary/aromatic N) is 2. The Bertz CT molecular complexity index is 1560. The van der Waals surface area contributed by atoms with E-state index < -0.39 is 28.5 Å². The smallest absolute Gasteiger partial charge is 0.264 e. The van der Waals surface area contributed by atoms with Crippen molar-refractivity contribution < 1.29 is 22.7 Å². The number of sulfonamides is 1. The van der Waals surface area contributed by atoms with E-state index in [4.69, 9.17) is 27.9 Å². The highest BCUT2D eigenvalue weighted by atomic mass is 35.5. The molecule has 0 bridgehead atoms. The van der Waals surface area contributed by atoms with Gasteiger partial charge in [0.05, 0.1) is 22.7 Å². The van der Waals surface area contributed by atoms with E-state index in [1.54, 1.807) is 43.5 Å². The normalized spacial score (nSPS) is 14.5. The number of ether oxygens (including phenoxy) is 1. The maximum atomic E-state index is 14.3. The second-order valence-corrected chi connectivity index (χ2v) is 13.8. The Balaban J connectivity index is 1.75. The number of aryl methyl sites for hydroxylation is 1. The molecule has 1 fully saturated rings. The van der Waals surface area contributed by atoms with Crippen LogP contribution in [0.4, 0.5) is 5.69 Å². The Morgan fingerprint density at radius 1 is 1.00 bits per heavy atom. The van der Waals surface area contributed by atoms with E-state index >= 15 is 0 Å². The first-order valence-corrected chi connectivity index (χ1v) is 17.0. The molecule has 44 heavy (non-hydrogen) atoms. The van der Waals surface area contributed by atoms with Crippen LogP contribution in [0.1, 0.15) is 56.6 Å². The fourth-order valence-electron chi connectivity index (χ4n) is 5.46. The monoisotopic (exact) mass is 659 g/mol. The van der Waals surface area contributed by atoms with Crippen molar-refractivity contribution in [2.75, 3.05) is 18.0 Å². The molecule has 2 amide bonds. The second kappa shape index (κ2) is 15.1. The summed E-state index contributed by atoms with van der Waals surface area (Å²) in [6.07, 6.45) is 5.34. The van der Waals surface area contributed by atoms with Crippen LogP contribution in [0.5, 0.6) is 5.75 Å². The highest BCUT2D eigenvalue weighted by Crippen LogP contribution is 2.33. The Hall–Kier alpha value is -3.27. The number of carbonyl (C=O) groups excluding carboxylic acids is 2. The van der Waals surface area contributed by atoms with Crippen molar-refractivity contribution in [1.29, 1.82) is 0 Å². The van der Waals surface area contributed by atoms with Crippen molar-refractivity contribution in [1.82, 2.24) is 10.2 Å². The summed E-state index contributed by atoms with van der Waals surface area (Å²) in [4.78, 5) is 29.5. The van der Waals surface area contributed by atoms with Crippen LogP contribution in [-0.2, 0) is 26.2 Å². The Kier molecular flexibility index (Phi) is 11.6. The number of amides is 2. The molecular formula is C33H39Cl2N3O5S. The molecule has 0 saturated heterocycles. The standard InChI is InChI=1S/C33H39Cl2N3O5S/c1-4-30(33(40)36-26-10-6-5-7-11-26)37(21-24-9-8-12-27(19-24)43-3)32(39)22-38(31-20-25(34)15-18-29(31)35)44(41,42)28-16-13-23(2)14-17-28/h8-9,12-20,26,30H,4-7,10-11,21-22H2,1-3H3,(H,36,40)/t30-/m1/s1. The molecule has 3 aromatic rings. The first kappa shape index (κ1) is 33.6. The van der Waals surface area contributed by atoms with E-state index in [0.29, 0.717) is 12.2 Å². The third kappa shape index (κ3) is 8.25. The molecule has 11 heteroatoms. The number of carbonyl (C=O) groups is 2. The molecule has 236 valence electrons. The molecule has 0 radical (unpaired) electrons. The van der Waals surface area contributed by atoms with Crippen molar-refractivity contribution in [3.8, 4) is 5.75 Å². The Morgan fingerprint density at radius 2 is 1.70 bits per heavy atom. The van der Waals surface area contributed by atoms with Crippen LogP contribution in [0.25, 0.3) is 0 Å². The lowest BCUT2D eigenvalue weighted by atomic mass is 9.95. The van der Waals surface area contributed by atoms with Gasteiger partial charge >= 0.3 is 0 Å². The van der Waals surface area contributed by atoms with Crippen molar-refractivity contribution >= 4 is 50.7 Å². The third-order valence-electron chi connectivity index (χ3n) is 7.89. The molecular weight excluding hydrogens is 621 g/mol. The van der Waals surface area contributed by atoms with Gasteiger partial charge in [0.2, 0.25) is 11.8 Å². The summed E-state index contributed by atoms with van der Waals surface area (Å²) >= 11 is 12.8. The molecule has 8 nitrogen and oxygen atoms in total.